The first-order valence-electron chi connectivity index (χ1n) is 10.0. The van der Waals surface area contributed by atoms with Crippen molar-refractivity contribution in [3.63, 3.8) is 0 Å². The Kier molecular flexibility index (Phi) is 7.62. The number of thiophene rings is 1. The van der Waals surface area contributed by atoms with Crippen LogP contribution in [0.2, 0.25) is 0 Å². The van der Waals surface area contributed by atoms with Gasteiger partial charge in [0.15, 0.2) is 0 Å². The Morgan fingerprint density at radius 2 is 1.77 bits per heavy atom. The molecule has 31 heavy (non-hydrogen) atoms. The molecule has 1 heterocycles. The molecule has 0 fully saturated rings. The molecule has 5 nitrogen and oxygen atoms in total. The Bertz CT molecular complexity index is 1070. The second-order valence-electron chi connectivity index (χ2n) is 6.84. The van der Waals surface area contributed by atoms with E-state index in [1.165, 1.54) is 24.5 Å². The molecule has 0 saturated carbocycles. The van der Waals surface area contributed by atoms with Crippen LogP contribution >= 0.6 is 11.3 Å². The number of carbonyl (C=O) groups excluding carboxylic acids is 2. The van der Waals surface area contributed by atoms with Crippen LogP contribution in [0.3, 0.4) is 0 Å². The molecule has 3 aromatic rings. The fourth-order valence-corrected chi connectivity index (χ4v) is 4.17. The third-order valence-corrected chi connectivity index (χ3v) is 5.57. The normalized spacial score (nSPS) is 10.8. The van der Waals surface area contributed by atoms with Gasteiger partial charge < -0.3 is 14.8 Å². The van der Waals surface area contributed by atoms with Gasteiger partial charge >= 0.3 is 5.97 Å². The lowest BCUT2D eigenvalue weighted by molar-refractivity contribution is -0.111. The van der Waals surface area contributed by atoms with Crippen LogP contribution in [0.4, 0.5) is 5.00 Å². The summed E-state index contributed by atoms with van der Waals surface area (Å²) < 4.78 is 10.6. The Morgan fingerprint density at radius 3 is 2.42 bits per heavy atom. The van der Waals surface area contributed by atoms with Crippen LogP contribution in [-0.4, -0.2) is 25.6 Å². The first-order valence-corrected chi connectivity index (χ1v) is 10.8. The maximum absolute atomic E-state index is 12.5. The van der Waals surface area contributed by atoms with Crippen molar-refractivity contribution in [2.75, 3.05) is 19.0 Å². The summed E-state index contributed by atoms with van der Waals surface area (Å²) in [5.41, 5.74) is 2.92. The smallest absolute Gasteiger partial charge is 0.341 e. The summed E-state index contributed by atoms with van der Waals surface area (Å²) in [7, 11) is 1.34. The van der Waals surface area contributed by atoms with Crippen molar-refractivity contribution < 1.29 is 19.1 Å². The molecule has 0 aliphatic carbocycles. The van der Waals surface area contributed by atoms with Crippen molar-refractivity contribution in [2.24, 2.45) is 0 Å². The number of anilines is 1. The van der Waals surface area contributed by atoms with Gasteiger partial charge in [-0.1, -0.05) is 49.4 Å². The molecule has 0 aliphatic rings. The van der Waals surface area contributed by atoms with Crippen molar-refractivity contribution >= 4 is 34.3 Å². The van der Waals surface area contributed by atoms with E-state index in [2.05, 4.69) is 12.2 Å². The van der Waals surface area contributed by atoms with E-state index in [1.54, 1.807) is 6.08 Å². The Balaban J connectivity index is 1.79. The van der Waals surface area contributed by atoms with Gasteiger partial charge in [-0.2, -0.15) is 0 Å². The van der Waals surface area contributed by atoms with Gasteiger partial charge in [0, 0.05) is 16.5 Å². The van der Waals surface area contributed by atoms with Crippen LogP contribution in [0.15, 0.2) is 60.7 Å². The first kappa shape index (κ1) is 22.3. The SMILES string of the molecule is CCCOc1ccc(C=CC(=O)Nc2sc(C)c(-c3ccccc3)c2C(=O)OC)cc1. The summed E-state index contributed by atoms with van der Waals surface area (Å²) in [5, 5.41) is 3.31. The molecule has 3 rings (SSSR count). The largest absolute Gasteiger partial charge is 0.494 e. The number of esters is 1. The molecule has 6 heteroatoms. The maximum Gasteiger partial charge on any atom is 0.341 e. The van der Waals surface area contributed by atoms with E-state index in [0.29, 0.717) is 17.2 Å². The highest BCUT2D eigenvalue weighted by atomic mass is 32.1. The van der Waals surface area contributed by atoms with Gasteiger partial charge in [0.25, 0.3) is 0 Å². The molecule has 0 radical (unpaired) electrons. The van der Waals surface area contributed by atoms with Gasteiger partial charge in [-0.3, -0.25) is 4.79 Å². The predicted octanol–water partition coefficient (Wildman–Crippen LogP) is 5.95. The lowest BCUT2D eigenvalue weighted by Gasteiger charge is -2.07. The van der Waals surface area contributed by atoms with Crippen molar-refractivity contribution in [1.82, 2.24) is 0 Å². The van der Waals surface area contributed by atoms with E-state index in [9.17, 15) is 9.59 Å². The monoisotopic (exact) mass is 435 g/mol. The fraction of sp³-hybridized carbons (Fsp3) is 0.200. The third kappa shape index (κ3) is 5.61. The number of hydrogen-bond acceptors (Lipinski definition) is 5. The molecule has 0 aliphatic heterocycles. The van der Waals surface area contributed by atoms with E-state index in [1.807, 2.05) is 61.5 Å². The molecule has 0 unspecified atom stereocenters. The molecule has 0 saturated heterocycles. The van der Waals surface area contributed by atoms with Gasteiger partial charge in [-0.25, -0.2) is 4.79 Å². The molecule has 1 aromatic heterocycles. The van der Waals surface area contributed by atoms with Gasteiger partial charge in [0.2, 0.25) is 5.91 Å². The summed E-state index contributed by atoms with van der Waals surface area (Å²) in [5.74, 6) is -0.00357. The molecule has 0 bridgehead atoms. The molecular weight excluding hydrogens is 410 g/mol. The summed E-state index contributed by atoms with van der Waals surface area (Å²) in [6.07, 6.45) is 4.11. The maximum atomic E-state index is 12.5. The minimum atomic E-state index is -0.481. The molecule has 0 atom stereocenters. The van der Waals surface area contributed by atoms with Crippen LogP contribution in [0.5, 0.6) is 5.75 Å². The lowest BCUT2D eigenvalue weighted by atomic mass is 10.0. The van der Waals surface area contributed by atoms with Crippen molar-refractivity contribution in [3.8, 4) is 16.9 Å². The lowest BCUT2D eigenvalue weighted by Crippen LogP contribution is -2.11. The Morgan fingerprint density at radius 1 is 1.06 bits per heavy atom. The van der Waals surface area contributed by atoms with Crippen LogP contribution in [0, 0.1) is 6.92 Å². The van der Waals surface area contributed by atoms with E-state index in [0.717, 1.165) is 33.7 Å². The zero-order valence-electron chi connectivity index (χ0n) is 17.8. The third-order valence-electron chi connectivity index (χ3n) is 4.55. The molecule has 1 N–H and O–H groups in total. The van der Waals surface area contributed by atoms with Crippen LogP contribution in [0.25, 0.3) is 17.2 Å². The molecule has 1 amide bonds. The highest BCUT2D eigenvalue weighted by Gasteiger charge is 2.24. The summed E-state index contributed by atoms with van der Waals surface area (Å²) in [6.45, 7) is 4.65. The molecule has 0 spiro atoms. The van der Waals surface area contributed by atoms with E-state index in [4.69, 9.17) is 9.47 Å². The topological polar surface area (TPSA) is 64.6 Å². The molecule has 2 aromatic carbocycles. The number of hydrogen-bond donors (Lipinski definition) is 1. The number of rotatable bonds is 8. The van der Waals surface area contributed by atoms with Gasteiger partial charge in [-0.05, 0) is 42.7 Å². The second kappa shape index (κ2) is 10.6. The number of nitrogens with one attached hydrogen (secondary N) is 1. The van der Waals surface area contributed by atoms with Gasteiger partial charge in [0.05, 0.1) is 13.7 Å². The summed E-state index contributed by atoms with van der Waals surface area (Å²) in [6, 6.07) is 17.1. The number of methoxy groups -OCH3 is 1. The number of aryl methyl sites for hydroxylation is 1. The minimum absolute atomic E-state index is 0.322. The zero-order valence-corrected chi connectivity index (χ0v) is 18.6. The standard InChI is InChI=1S/C25H25NO4S/c1-4-16-30-20-13-10-18(11-14-20)12-15-21(27)26-24-23(25(28)29-3)22(17(2)31-24)19-8-6-5-7-9-19/h5-15H,4,16H2,1-3H3,(H,26,27). The van der Waals surface area contributed by atoms with E-state index < -0.39 is 5.97 Å². The number of benzene rings is 2. The fourth-order valence-electron chi connectivity index (χ4n) is 3.10. The summed E-state index contributed by atoms with van der Waals surface area (Å²) in [4.78, 5) is 26.0. The van der Waals surface area contributed by atoms with Crippen LogP contribution < -0.4 is 10.1 Å². The van der Waals surface area contributed by atoms with Crippen molar-refractivity contribution in [2.45, 2.75) is 20.3 Å². The number of amides is 1. The van der Waals surface area contributed by atoms with Gasteiger partial charge in [0.1, 0.15) is 16.3 Å². The Labute approximate surface area is 186 Å². The average molecular weight is 436 g/mol. The van der Waals surface area contributed by atoms with Gasteiger partial charge in [-0.15, -0.1) is 11.3 Å². The van der Waals surface area contributed by atoms with Crippen LogP contribution in [-0.2, 0) is 9.53 Å². The van der Waals surface area contributed by atoms with Crippen LogP contribution in [0.1, 0.15) is 34.1 Å². The highest BCUT2D eigenvalue weighted by molar-refractivity contribution is 7.17. The quantitative estimate of drug-likeness (QED) is 0.351. The average Bonchev–Trinajstić information content (AvgIpc) is 3.12. The Hall–Kier alpha value is -3.38. The number of carbonyl (C=O) groups is 2. The minimum Gasteiger partial charge on any atom is -0.494 e. The highest BCUT2D eigenvalue weighted by Crippen LogP contribution is 2.40. The van der Waals surface area contributed by atoms with Crippen molar-refractivity contribution in [1.29, 1.82) is 0 Å². The zero-order chi connectivity index (χ0) is 22.2. The summed E-state index contributed by atoms with van der Waals surface area (Å²) >= 11 is 1.36. The van der Waals surface area contributed by atoms with E-state index >= 15 is 0 Å². The predicted molar refractivity (Wildman–Crippen MR) is 126 cm³/mol. The molecular formula is C25H25NO4S. The van der Waals surface area contributed by atoms with Crippen molar-refractivity contribution in [3.05, 3.63) is 76.7 Å². The molecule has 160 valence electrons. The second-order valence-corrected chi connectivity index (χ2v) is 8.06. The number of ether oxygens (including phenoxy) is 2. The van der Waals surface area contributed by atoms with E-state index in [-0.39, 0.29) is 5.91 Å². The first-order chi connectivity index (χ1) is 15.0.